The van der Waals surface area contributed by atoms with Crippen LogP contribution in [0.5, 0.6) is 0 Å². The van der Waals surface area contributed by atoms with Crippen LogP contribution in [-0.2, 0) is 0 Å². The van der Waals surface area contributed by atoms with Crippen LogP contribution in [0.1, 0.15) is 71.1 Å². The van der Waals surface area contributed by atoms with Crippen molar-refractivity contribution >= 4 is 79.8 Å². The Balaban J connectivity index is 1.93. The van der Waals surface area contributed by atoms with E-state index in [1.807, 2.05) is 0 Å². The molecule has 212 valence electrons. The monoisotopic (exact) mass is 995 g/mol. The van der Waals surface area contributed by atoms with Crippen molar-refractivity contribution in [1.29, 1.82) is 0 Å². The second-order valence-corrected chi connectivity index (χ2v) is 31.3. The second-order valence-electron chi connectivity index (χ2n) is 9.72. The van der Waals surface area contributed by atoms with E-state index in [9.17, 15) is 0 Å². The fourth-order valence-electron chi connectivity index (χ4n) is 5.54. The van der Waals surface area contributed by atoms with Crippen LogP contribution >= 0.6 is 79.8 Å². The van der Waals surface area contributed by atoms with Crippen LogP contribution in [-0.4, -0.2) is 24.3 Å². The van der Waals surface area contributed by atoms with Gasteiger partial charge < -0.3 is 0 Å². The standard InChI is InChI=1S/C27H45I4N4P2/c1-3-4-5-11-19-18(12-6-8-15-28)24(22(29)25(19)34-36)33-26-20-14-10-16-30-31(2)17-9-7-13-21(20)27(35-37)23(26)32/h3-4,18,26,33-35H,5-17,32,36-37H2,1-2H3/q-1/b4-3-. The van der Waals surface area contributed by atoms with Crippen molar-refractivity contribution in [3.05, 3.63) is 55.2 Å². The number of hydrogen-bond acceptors (Lipinski definition) is 4. The Bertz CT molecular complexity index is 945. The Hall–Kier alpha value is 1.68. The summed E-state index contributed by atoms with van der Waals surface area (Å²) in [5.74, 6) is 0.439. The molecule has 10 heteroatoms. The summed E-state index contributed by atoms with van der Waals surface area (Å²) in [4.78, 5) is 2.64. The van der Waals surface area contributed by atoms with E-state index < -0.39 is 15.8 Å². The Kier molecular flexibility index (Phi) is 15.8. The molecule has 0 saturated carbocycles. The van der Waals surface area contributed by atoms with E-state index in [2.05, 4.69) is 103 Å². The van der Waals surface area contributed by atoms with E-state index in [1.54, 1.807) is 15.6 Å². The molecule has 0 saturated heterocycles. The summed E-state index contributed by atoms with van der Waals surface area (Å²) >= 11 is 4.96. The van der Waals surface area contributed by atoms with Gasteiger partial charge in [-0.3, -0.25) is 0 Å². The van der Waals surface area contributed by atoms with Gasteiger partial charge in [0.15, 0.2) is 0 Å². The van der Waals surface area contributed by atoms with Crippen LogP contribution in [0, 0.1) is 5.92 Å². The van der Waals surface area contributed by atoms with Gasteiger partial charge in [-0.1, -0.05) is 28.7 Å². The molecule has 37 heavy (non-hydrogen) atoms. The summed E-state index contributed by atoms with van der Waals surface area (Å²) < 4.78 is 5.61. The zero-order valence-electron chi connectivity index (χ0n) is 22.2. The summed E-state index contributed by atoms with van der Waals surface area (Å²) in [7, 11) is 5.50. The van der Waals surface area contributed by atoms with E-state index in [1.165, 1.54) is 80.0 Å². The molecule has 1 aliphatic heterocycles. The molecule has 0 radical (unpaired) electrons. The zero-order valence-corrected chi connectivity index (χ0v) is 33.2. The van der Waals surface area contributed by atoms with Gasteiger partial charge in [0.2, 0.25) is 0 Å². The summed E-state index contributed by atoms with van der Waals surface area (Å²) in [5, 5.41) is 11.0. The number of hydrogen-bond donors (Lipinski definition) is 4. The van der Waals surface area contributed by atoms with E-state index >= 15 is 0 Å². The predicted molar refractivity (Wildman–Crippen MR) is 192 cm³/mol. The van der Waals surface area contributed by atoms with Crippen molar-refractivity contribution in [1.82, 2.24) is 15.5 Å². The molecular weight excluding hydrogens is 950 g/mol. The molecule has 3 aliphatic rings. The molecule has 0 fully saturated rings. The Morgan fingerprint density at radius 2 is 1.92 bits per heavy atom. The summed E-state index contributed by atoms with van der Waals surface area (Å²) in [6.07, 6.45) is 16.8. The van der Waals surface area contributed by atoms with Crippen LogP contribution in [0.25, 0.3) is 0 Å². The van der Waals surface area contributed by atoms with Gasteiger partial charge >= 0.3 is 239 Å². The first kappa shape index (κ1) is 33.2. The van der Waals surface area contributed by atoms with Crippen molar-refractivity contribution < 1.29 is 17.2 Å². The molecular formula is C27H45I4N4P2-. The van der Waals surface area contributed by atoms with Crippen LogP contribution < -0.4 is 38.5 Å². The smallest absolute Gasteiger partial charge is 0.0864 e. The van der Waals surface area contributed by atoms with Gasteiger partial charge in [-0.25, -0.2) is 0 Å². The fraction of sp³-hybridized carbons (Fsp3) is 0.630. The van der Waals surface area contributed by atoms with Crippen molar-refractivity contribution in [3.63, 3.8) is 0 Å². The quantitative estimate of drug-likeness (QED) is 0.0793. The molecule has 4 atom stereocenters. The van der Waals surface area contributed by atoms with E-state index in [0.29, 0.717) is 23.1 Å². The van der Waals surface area contributed by atoms with Crippen LogP contribution in [0.4, 0.5) is 0 Å². The maximum absolute atomic E-state index is 6.96. The first-order valence-electron chi connectivity index (χ1n) is 13.4. The number of nitrogens with one attached hydrogen (secondary N) is 3. The molecule has 0 bridgehead atoms. The molecule has 0 aromatic rings. The Morgan fingerprint density at radius 1 is 1.14 bits per heavy atom. The normalized spacial score (nSPS) is 25.0. The van der Waals surface area contributed by atoms with Gasteiger partial charge in [0.05, 0.1) is 0 Å². The maximum atomic E-state index is 6.96. The summed E-state index contributed by atoms with van der Waals surface area (Å²) in [6.45, 7) is 2.12. The van der Waals surface area contributed by atoms with Crippen LogP contribution in [0.3, 0.4) is 0 Å². The van der Waals surface area contributed by atoms with Crippen molar-refractivity contribution in [2.75, 3.05) is 18.2 Å². The molecule has 0 spiro atoms. The van der Waals surface area contributed by atoms with E-state index in [0.717, 1.165) is 25.0 Å². The zero-order chi connectivity index (χ0) is 26.8. The minimum absolute atomic E-state index is 0.112. The van der Waals surface area contributed by atoms with Crippen molar-refractivity contribution in [2.24, 2.45) is 11.7 Å². The van der Waals surface area contributed by atoms with Gasteiger partial charge in [0.1, 0.15) is 0 Å². The molecule has 3 rings (SSSR count). The topological polar surface area (TPSA) is 62.1 Å². The minimum atomic E-state index is -0.592. The third-order valence-electron chi connectivity index (χ3n) is 7.36. The first-order valence-corrected chi connectivity index (χ1v) is 28.6. The van der Waals surface area contributed by atoms with Crippen molar-refractivity contribution in [2.45, 2.75) is 77.2 Å². The van der Waals surface area contributed by atoms with E-state index in [4.69, 9.17) is 5.73 Å². The Labute approximate surface area is 271 Å². The molecule has 0 aromatic heterocycles. The molecule has 2 aliphatic carbocycles. The van der Waals surface area contributed by atoms with Crippen LogP contribution in [0.2, 0.25) is 0 Å². The predicted octanol–water partition coefficient (Wildman–Crippen LogP) is 4.78. The van der Waals surface area contributed by atoms with E-state index in [-0.39, 0.29) is 6.04 Å². The average molecular weight is 995 g/mol. The van der Waals surface area contributed by atoms with Crippen LogP contribution in [0.15, 0.2) is 55.2 Å². The number of rotatable bonds is 11. The Morgan fingerprint density at radius 3 is 2.62 bits per heavy atom. The third kappa shape index (κ3) is 8.84. The molecule has 5 N–H and O–H groups in total. The SMILES string of the molecule is C/C=C\CCC1=C(NP)C(I)=C(NC2C(N)=C(NP)C3=C2CCC[I-]I(C)CCCC3)C1CCCCI. The van der Waals surface area contributed by atoms with Gasteiger partial charge in [-0.15, -0.1) is 0 Å². The van der Waals surface area contributed by atoms with Crippen molar-refractivity contribution in [3.8, 4) is 0 Å². The van der Waals surface area contributed by atoms with Gasteiger partial charge in [-0.2, -0.15) is 0 Å². The molecule has 4 unspecified atom stereocenters. The number of alkyl halides is 4. The molecule has 0 amide bonds. The number of unbranched alkanes of at least 4 members (excludes halogenated alkanes) is 1. The van der Waals surface area contributed by atoms with Gasteiger partial charge in [-0.05, 0) is 6.92 Å². The minimum Gasteiger partial charge on any atom is -0.0864 e. The molecule has 4 nitrogen and oxygen atoms in total. The first-order chi connectivity index (χ1) is 18.0. The average Bonchev–Trinajstić information content (AvgIpc) is 3.27. The van der Waals surface area contributed by atoms with Gasteiger partial charge in [0, 0.05) is 0 Å². The third-order valence-corrected chi connectivity index (χ3v) is 26.3. The summed E-state index contributed by atoms with van der Waals surface area (Å²) in [6, 6.07) is 0.112. The molecule has 1 heterocycles. The van der Waals surface area contributed by atoms with Gasteiger partial charge in [0.25, 0.3) is 0 Å². The second kappa shape index (κ2) is 17.6. The number of nitrogens with two attached hydrogens (primary N) is 1. The number of allylic oxidation sites excluding steroid dienone is 5. The fourth-order valence-corrected chi connectivity index (χ4v) is 21.8. The summed E-state index contributed by atoms with van der Waals surface area (Å²) in [5.41, 5.74) is 16.5. The molecule has 0 aromatic carbocycles. The number of halogens is 4.